The predicted octanol–water partition coefficient (Wildman–Crippen LogP) is 1.97. The van der Waals surface area contributed by atoms with Crippen LogP contribution >= 0.6 is 0 Å². The molecule has 128 valence electrons. The van der Waals surface area contributed by atoms with Gasteiger partial charge < -0.3 is 14.9 Å². The first-order valence-corrected chi connectivity index (χ1v) is 7.91. The summed E-state index contributed by atoms with van der Waals surface area (Å²) in [6.45, 7) is 3.77. The molecular formula is C18H19N5O2. The highest BCUT2D eigenvalue weighted by Crippen LogP contribution is 2.17. The maximum Gasteiger partial charge on any atom is 0.261 e. The Hall–Kier alpha value is -3.22. The smallest absolute Gasteiger partial charge is 0.261 e. The molecule has 2 heterocycles. The van der Waals surface area contributed by atoms with E-state index in [0.29, 0.717) is 11.5 Å². The zero-order valence-corrected chi connectivity index (χ0v) is 14.3. The lowest BCUT2D eigenvalue weighted by Gasteiger charge is -2.13. The zero-order valence-electron chi connectivity index (χ0n) is 14.3. The molecule has 2 N–H and O–H groups in total. The highest BCUT2D eigenvalue weighted by Gasteiger charge is 2.17. The molecule has 0 saturated heterocycles. The first-order valence-electron chi connectivity index (χ1n) is 7.91. The minimum atomic E-state index is -0.451. The molecule has 1 amide bonds. The van der Waals surface area contributed by atoms with Crippen molar-refractivity contribution in [3.63, 3.8) is 0 Å². The van der Waals surface area contributed by atoms with Crippen LogP contribution in [0, 0.1) is 6.92 Å². The normalized spacial score (nSPS) is 12.0. The Balaban J connectivity index is 1.82. The van der Waals surface area contributed by atoms with Crippen LogP contribution in [-0.4, -0.2) is 25.7 Å². The maximum atomic E-state index is 12.4. The van der Waals surface area contributed by atoms with Crippen molar-refractivity contribution < 1.29 is 4.79 Å². The van der Waals surface area contributed by atoms with Crippen molar-refractivity contribution in [2.75, 3.05) is 0 Å². The molecule has 7 heteroatoms. The average molecular weight is 337 g/mol. The van der Waals surface area contributed by atoms with E-state index in [0.717, 1.165) is 11.1 Å². The van der Waals surface area contributed by atoms with Gasteiger partial charge in [-0.05, 0) is 37.6 Å². The molecule has 25 heavy (non-hydrogen) atoms. The van der Waals surface area contributed by atoms with Crippen molar-refractivity contribution in [3.8, 4) is 11.3 Å². The average Bonchev–Trinajstić information content (AvgIpc) is 3.00. The quantitative estimate of drug-likeness (QED) is 0.761. The van der Waals surface area contributed by atoms with Crippen LogP contribution in [0.25, 0.3) is 11.3 Å². The first-order chi connectivity index (χ1) is 12.0. The molecule has 0 aliphatic heterocycles. The number of aryl methyl sites for hydroxylation is 2. The molecule has 0 unspecified atom stereocenters. The molecule has 0 bridgehead atoms. The Morgan fingerprint density at radius 1 is 1.28 bits per heavy atom. The van der Waals surface area contributed by atoms with Gasteiger partial charge in [0.2, 0.25) is 0 Å². The largest absolute Gasteiger partial charge is 0.342 e. The summed E-state index contributed by atoms with van der Waals surface area (Å²) >= 11 is 0. The summed E-state index contributed by atoms with van der Waals surface area (Å²) in [5.74, 6) is 0.161. The monoisotopic (exact) mass is 337 g/mol. The summed E-state index contributed by atoms with van der Waals surface area (Å²) in [4.78, 5) is 27.5. The highest BCUT2D eigenvalue weighted by atomic mass is 16.2. The van der Waals surface area contributed by atoms with Crippen LogP contribution in [0.4, 0.5) is 0 Å². The third-order valence-corrected chi connectivity index (χ3v) is 3.96. The van der Waals surface area contributed by atoms with Gasteiger partial charge in [-0.3, -0.25) is 9.59 Å². The standard InChI is InChI=1S/C18H19N5O2/c1-11-5-4-6-13(9-11)15-8-7-14(18(25)21-15)17(24)20-12(2)16-22-19-10-23(16)3/h4-10,12H,1-3H3,(H,20,24)(H,21,25)/t12-/m1/s1. The number of aromatic nitrogens is 4. The molecule has 3 rings (SSSR count). The molecule has 0 radical (unpaired) electrons. The number of nitrogens with one attached hydrogen (secondary N) is 2. The second-order valence-corrected chi connectivity index (χ2v) is 5.98. The van der Waals surface area contributed by atoms with Crippen LogP contribution in [0.5, 0.6) is 0 Å². The number of carbonyl (C=O) groups excluding carboxylic acids is 1. The summed E-state index contributed by atoms with van der Waals surface area (Å²) in [7, 11) is 1.79. The maximum absolute atomic E-state index is 12.4. The third kappa shape index (κ3) is 3.50. The van der Waals surface area contributed by atoms with Crippen LogP contribution in [-0.2, 0) is 7.05 Å². The number of rotatable bonds is 4. The van der Waals surface area contributed by atoms with E-state index in [-0.39, 0.29) is 11.6 Å². The Labute approximate surface area is 144 Å². The minimum Gasteiger partial charge on any atom is -0.342 e. The molecule has 1 atom stereocenters. The fourth-order valence-electron chi connectivity index (χ4n) is 2.66. The first kappa shape index (κ1) is 16.6. The van der Waals surface area contributed by atoms with Crippen molar-refractivity contribution in [3.05, 3.63) is 70.0 Å². The number of H-pyrrole nitrogens is 1. The molecule has 7 nitrogen and oxygen atoms in total. The fourth-order valence-corrected chi connectivity index (χ4v) is 2.66. The molecular weight excluding hydrogens is 318 g/mol. The van der Waals surface area contributed by atoms with E-state index in [2.05, 4.69) is 20.5 Å². The number of nitrogens with zero attached hydrogens (tertiary/aromatic N) is 3. The van der Waals surface area contributed by atoms with E-state index in [4.69, 9.17) is 0 Å². The van der Waals surface area contributed by atoms with E-state index in [1.165, 1.54) is 6.07 Å². The number of benzene rings is 1. The molecule has 1 aromatic carbocycles. The Kier molecular flexibility index (Phi) is 4.47. The predicted molar refractivity (Wildman–Crippen MR) is 94.1 cm³/mol. The van der Waals surface area contributed by atoms with Gasteiger partial charge in [-0.15, -0.1) is 10.2 Å². The molecule has 0 aliphatic carbocycles. The van der Waals surface area contributed by atoms with Gasteiger partial charge in [0.05, 0.1) is 6.04 Å². The van der Waals surface area contributed by atoms with E-state index in [9.17, 15) is 9.59 Å². The number of hydrogen-bond donors (Lipinski definition) is 2. The molecule has 0 saturated carbocycles. The number of hydrogen-bond acceptors (Lipinski definition) is 4. The van der Waals surface area contributed by atoms with Gasteiger partial charge in [-0.25, -0.2) is 0 Å². The highest BCUT2D eigenvalue weighted by molar-refractivity contribution is 5.94. The molecule has 0 fully saturated rings. The Bertz CT molecular complexity index is 973. The van der Waals surface area contributed by atoms with Crippen molar-refractivity contribution in [2.45, 2.75) is 19.9 Å². The van der Waals surface area contributed by atoms with Gasteiger partial charge in [0.25, 0.3) is 11.5 Å². The van der Waals surface area contributed by atoms with E-state index in [1.807, 2.05) is 31.2 Å². The number of amides is 1. The molecule has 3 aromatic rings. The van der Waals surface area contributed by atoms with Crippen LogP contribution in [0.3, 0.4) is 0 Å². The molecule has 0 spiro atoms. The Morgan fingerprint density at radius 2 is 2.08 bits per heavy atom. The van der Waals surface area contributed by atoms with Gasteiger partial charge in [0.15, 0.2) is 5.82 Å². The van der Waals surface area contributed by atoms with Gasteiger partial charge in [-0.2, -0.15) is 0 Å². The van der Waals surface area contributed by atoms with E-state index in [1.54, 1.807) is 30.9 Å². The van der Waals surface area contributed by atoms with Gasteiger partial charge in [-0.1, -0.05) is 23.8 Å². The molecule has 0 aliphatic rings. The summed E-state index contributed by atoms with van der Waals surface area (Å²) in [5, 5.41) is 10.5. The lowest BCUT2D eigenvalue weighted by atomic mass is 10.1. The van der Waals surface area contributed by atoms with Gasteiger partial charge in [0, 0.05) is 12.7 Å². The summed E-state index contributed by atoms with van der Waals surface area (Å²) < 4.78 is 1.72. The van der Waals surface area contributed by atoms with Gasteiger partial charge in [0.1, 0.15) is 11.9 Å². The SMILES string of the molecule is Cc1cccc(-c2ccc(C(=O)N[C@H](C)c3nncn3C)c(=O)[nH]2)c1. The van der Waals surface area contributed by atoms with Crippen molar-refractivity contribution in [1.82, 2.24) is 25.1 Å². The van der Waals surface area contributed by atoms with Crippen LogP contribution < -0.4 is 10.9 Å². The minimum absolute atomic E-state index is 0.0606. The summed E-state index contributed by atoms with van der Waals surface area (Å²) in [6.07, 6.45) is 1.56. The lowest BCUT2D eigenvalue weighted by Crippen LogP contribution is -2.32. The molecule has 2 aromatic heterocycles. The van der Waals surface area contributed by atoms with E-state index < -0.39 is 11.5 Å². The fraction of sp³-hybridized carbons (Fsp3) is 0.222. The summed E-state index contributed by atoms with van der Waals surface area (Å²) in [6, 6.07) is 10.7. The second-order valence-electron chi connectivity index (χ2n) is 5.98. The summed E-state index contributed by atoms with van der Waals surface area (Å²) in [5.41, 5.74) is 2.30. The zero-order chi connectivity index (χ0) is 18.0. The number of pyridine rings is 1. The number of aromatic amines is 1. The van der Waals surface area contributed by atoms with Crippen LogP contribution in [0.1, 0.15) is 34.7 Å². The second kappa shape index (κ2) is 6.72. The third-order valence-electron chi connectivity index (χ3n) is 3.96. The van der Waals surface area contributed by atoms with Gasteiger partial charge >= 0.3 is 0 Å². The Morgan fingerprint density at radius 3 is 2.72 bits per heavy atom. The van der Waals surface area contributed by atoms with Crippen molar-refractivity contribution in [2.24, 2.45) is 7.05 Å². The lowest BCUT2D eigenvalue weighted by molar-refractivity contribution is 0.0936. The van der Waals surface area contributed by atoms with Crippen LogP contribution in [0.15, 0.2) is 47.5 Å². The number of carbonyl (C=O) groups is 1. The van der Waals surface area contributed by atoms with Crippen molar-refractivity contribution in [1.29, 1.82) is 0 Å². The van der Waals surface area contributed by atoms with E-state index >= 15 is 0 Å². The van der Waals surface area contributed by atoms with Crippen LogP contribution in [0.2, 0.25) is 0 Å². The topological polar surface area (TPSA) is 92.7 Å². The van der Waals surface area contributed by atoms with Crippen molar-refractivity contribution >= 4 is 5.91 Å².